The summed E-state index contributed by atoms with van der Waals surface area (Å²) in [6, 6.07) is 5.25. The highest BCUT2D eigenvalue weighted by atomic mass is 79.9. The fourth-order valence-corrected chi connectivity index (χ4v) is 4.48. The van der Waals surface area contributed by atoms with Crippen LogP contribution in [0.25, 0.3) is 0 Å². The Morgan fingerprint density at radius 1 is 1.55 bits per heavy atom. The number of halogens is 1. The average molecular weight is 362 g/mol. The summed E-state index contributed by atoms with van der Waals surface area (Å²) in [7, 11) is -2.94. The monoisotopic (exact) mass is 361 g/mol. The van der Waals surface area contributed by atoms with Crippen LogP contribution in [0.5, 0.6) is 0 Å². The summed E-state index contributed by atoms with van der Waals surface area (Å²) >= 11 is 3.45. The van der Waals surface area contributed by atoms with Gasteiger partial charge in [-0.2, -0.15) is 0 Å². The van der Waals surface area contributed by atoms with E-state index in [2.05, 4.69) is 21.1 Å². The second-order valence-corrected chi connectivity index (χ2v) is 7.89. The van der Waals surface area contributed by atoms with E-state index in [0.29, 0.717) is 12.1 Å². The number of sulfone groups is 1. The van der Waals surface area contributed by atoms with Gasteiger partial charge in [0, 0.05) is 22.6 Å². The first kappa shape index (κ1) is 15.1. The van der Waals surface area contributed by atoms with Crippen molar-refractivity contribution < 1.29 is 13.6 Å². The maximum Gasteiger partial charge on any atom is 0.170 e. The van der Waals surface area contributed by atoms with E-state index in [1.165, 1.54) is 0 Å². The van der Waals surface area contributed by atoms with Gasteiger partial charge >= 0.3 is 0 Å². The molecule has 0 radical (unpaired) electrons. The molecule has 1 unspecified atom stereocenters. The van der Waals surface area contributed by atoms with E-state index in [1.807, 2.05) is 17.9 Å². The fraction of sp³-hybridized carbons (Fsp3) is 0.417. The Morgan fingerprint density at radius 2 is 2.25 bits per heavy atom. The van der Waals surface area contributed by atoms with Crippen LogP contribution in [0.3, 0.4) is 0 Å². The lowest BCUT2D eigenvalue weighted by Gasteiger charge is -2.35. The van der Waals surface area contributed by atoms with Crippen LogP contribution >= 0.6 is 15.9 Å². The third kappa shape index (κ3) is 3.06. The van der Waals surface area contributed by atoms with Gasteiger partial charge in [0.05, 0.1) is 17.2 Å². The molecule has 1 saturated heterocycles. The molecule has 1 aromatic rings. The van der Waals surface area contributed by atoms with E-state index in [9.17, 15) is 8.42 Å². The van der Waals surface area contributed by atoms with Crippen LogP contribution in [0.2, 0.25) is 0 Å². The third-order valence-electron chi connectivity index (χ3n) is 3.33. The molecule has 0 aliphatic carbocycles. The van der Waals surface area contributed by atoms with E-state index in [4.69, 9.17) is 10.9 Å². The number of nitrogens with zero attached hydrogens (tertiary/aromatic N) is 2. The van der Waals surface area contributed by atoms with E-state index in [1.54, 1.807) is 12.1 Å². The van der Waals surface area contributed by atoms with Gasteiger partial charge < -0.3 is 15.8 Å². The fourth-order valence-electron chi connectivity index (χ4n) is 2.31. The van der Waals surface area contributed by atoms with Crippen molar-refractivity contribution in [3.63, 3.8) is 0 Å². The van der Waals surface area contributed by atoms with Crippen LogP contribution < -0.4 is 10.6 Å². The van der Waals surface area contributed by atoms with Crippen molar-refractivity contribution in [3.05, 3.63) is 28.2 Å². The van der Waals surface area contributed by atoms with E-state index < -0.39 is 9.84 Å². The zero-order valence-electron chi connectivity index (χ0n) is 11.0. The van der Waals surface area contributed by atoms with Gasteiger partial charge in [0.1, 0.15) is 0 Å². The van der Waals surface area contributed by atoms with Crippen molar-refractivity contribution >= 4 is 37.3 Å². The molecule has 0 amide bonds. The molecule has 6 nitrogen and oxygen atoms in total. The molecule has 1 aliphatic rings. The number of hydrogen-bond donors (Lipinski definition) is 2. The molecular weight excluding hydrogens is 346 g/mol. The van der Waals surface area contributed by atoms with Gasteiger partial charge in [-0.1, -0.05) is 5.16 Å². The molecule has 2 rings (SSSR count). The Bertz CT molecular complexity index is 645. The molecule has 1 fully saturated rings. The molecule has 20 heavy (non-hydrogen) atoms. The molecule has 110 valence electrons. The standard InChI is InChI=1S/C12H16BrN3O3S/c1-8-7-20(18,19)5-4-16(8)11-3-2-9(6-10(11)13)12(14)15-17/h2-3,6,8,17H,4-5,7H2,1H3,(H2,14,15). The topological polar surface area (TPSA) is 96.0 Å². The Kier molecular flexibility index (Phi) is 4.24. The smallest absolute Gasteiger partial charge is 0.170 e. The quantitative estimate of drug-likeness (QED) is 0.356. The number of benzene rings is 1. The van der Waals surface area contributed by atoms with Gasteiger partial charge in [-0.15, -0.1) is 0 Å². The SMILES string of the molecule is CC1CS(=O)(=O)CCN1c1ccc(/C(N)=N/O)cc1Br. The third-order valence-corrected chi connectivity index (χ3v) is 5.76. The minimum atomic E-state index is -2.94. The number of anilines is 1. The molecule has 8 heteroatoms. The second kappa shape index (κ2) is 5.61. The highest BCUT2D eigenvalue weighted by Gasteiger charge is 2.29. The summed E-state index contributed by atoms with van der Waals surface area (Å²) in [5.74, 6) is 0.347. The Balaban J connectivity index is 2.30. The summed E-state index contributed by atoms with van der Waals surface area (Å²) in [5, 5.41) is 11.6. The Hall–Kier alpha value is -1.28. The van der Waals surface area contributed by atoms with Crippen LogP contribution in [0.4, 0.5) is 5.69 Å². The Labute approximate surface area is 126 Å². The van der Waals surface area contributed by atoms with Gasteiger partial charge in [0.15, 0.2) is 15.7 Å². The lowest BCUT2D eigenvalue weighted by molar-refractivity contribution is 0.318. The summed E-state index contributed by atoms with van der Waals surface area (Å²) in [6.07, 6.45) is 0. The first-order chi connectivity index (χ1) is 9.34. The molecule has 1 aliphatic heterocycles. The predicted molar refractivity (Wildman–Crippen MR) is 82.1 cm³/mol. The van der Waals surface area contributed by atoms with Crippen molar-refractivity contribution in [3.8, 4) is 0 Å². The first-order valence-electron chi connectivity index (χ1n) is 6.08. The summed E-state index contributed by atoms with van der Waals surface area (Å²) in [4.78, 5) is 2.04. The lowest BCUT2D eigenvalue weighted by atomic mass is 10.1. The minimum absolute atomic E-state index is 0.0338. The molecule has 1 aromatic carbocycles. The maximum absolute atomic E-state index is 11.6. The number of oxime groups is 1. The molecule has 0 aromatic heterocycles. The molecule has 0 saturated carbocycles. The number of amidine groups is 1. The molecule has 1 atom stereocenters. The van der Waals surface area contributed by atoms with E-state index >= 15 is 0 Å². The van der Waals surface area contributed by atoms with Gasteiger partial charge in [-0.25, -0.2) is 8.42 Å². The van der Waals surface area contributed by atoms with Crippen LogP contribution in [-0.2, 0) is 9.84 Å². The van der Waals surface area contributed by atoms with Crippen LogP contribution in [0.15, 0.2) is 27.8 Å². The van der Waals surface area contributed by atoms with E-state index in [0.717, 1.165) is 10.2 Å². The van der Waals surface area contributed by atoms with Crippen LogP contribution in [0.1, 0.15) is 12.5 Å². The highest BCUT2D eigenvalue weighted by molar-refractivity contribution is 9.10. The van der Waals surface area contributed by atoms with Crippen molar-refractivity contribution in [1.82, 2.24) is 0 Å². The van der Waals surface area contributed by atoms with Crippen molar-refractivity contribution in [2.75, 3.05) is 23.0 Å². The van der Waals surface area contributed by atoms with Crippen molar-refractivity contribution in [1.29, 1.82) is 0 Å². The van der Waals surface area contributed by atoms with Gasteiger partial charge in [0.25, 0.3) is 0 Å². The second-order valence-electron chi connectivity index (χ2n) is 4.81. The van der Waals surface area contributed by atoms with Gasteiger partial charge in [-0.3, -0.25) is 0 Å². The molecular formula is C12H16BrN3O3S. The van der Waals surface area contributed by atoms with Gasteiger partial charge in [0.2, 0.25) is 0 Å². The largest absolute Gasteiger partial charge is 0.409 e. The maximum atomic E-state index is 11.6. The van der Waals surface area contributed by atoms with E-state index in [-0.39, 0.29) is 23.4 Å². The molecule has 0 spiro atoms. The van der Waals surface area contributed by atoms with Crippen molar-refractivity contribution in [2.45, 2.75) is 13.0 Å². The normalized spacial score (nSPS) is 22.8. The summed E-state index contributed by atoms with van der Waals surface area (Å²) in [5.41, 5.74) is 7.04. The zero-order valence-corrected chi connectivity index (χ0v) is 13.4. The number of hydrogen-bond acceptors (Lipinski definition) is 5. The number of nitrogens with two attached hydrogens (primary N) is 1. The lowest BCUT2D eigenvalue weighted by Crippen LogP contribution is -2.47. The minimum Gasteiger partial charge on any atom is -0.409 e. The molecule has 1 heterocycles. The van der Waals surface area contributed by atoms with Crippen molar-refractivity contribution in [2.24, 2.45) is 10.9 Å². The molecule has 3 N–H and O–H groups in total. The molecule has 0 bridgehead atoms. The first-order valence-corrected chi connectivity index (χ1v) is 8.70. The summed E-state index contributed by atoms with van der Waals surface area (Å²) in [6.45, 7) is 2.35. The van der Waals surface area contributed by atoms with Crippen LogP contribution in [-0.4, -0.2) is 43.6 Å². The zero-order chi connectivity index (χ0) is 14.9. The van der Waals surface area contributed by atoms with Gasteiger partial charge in [-0.05, 0) is 41.1 Å². The Morgan fingerprint density at radius 3 is 2.80 bits per heavy atom. The summed E-state index contributed by atoms with van der Waals surface area (Å²) < 4.78 is 24.0. The highest BCUT2D eigenvalue weighted by Crippen LogP contribution is 2.30. The predicted octanol–water partition coefficient (Wildman–Crippen LogP) is 1.17. The number of rotatable bonds is 2. The average Bonchev–Trinajstić information content (AvgIpc) is 2.38. The van der Waals surface area contributed by atoms with Crippen LogP contribution in [0, 0.1) is 0 Å².